The van der Waals surface area contributed by atoms with E-state index in [0.29, 0.717) is 0 Å². The number of aliphatic hydroxyl groups excluding tert-OH is 1. The summed E-state index contributed by atoms with van der Waals surface area (Å²) in [7, 11) is 0. The van der Waals surface area contributed by atoms with Crippen LogP contribution in [0.3, 0.4) is 0 Å². The molecule has 0 amide bonds. The van der Waals surface area contributed by atoms with E-state index in [9.17, 15) is 5.11 Å². The van der Waals surface area contributed by atoms with Crippen molar-refractivity contribution in [3.63, 3.8) is 0 Å². The molecule has 5 nitrogen and oxygen atoms in total. The number of rotatable bonds is 4. The van der Waals surface area contributed by atoms with E-state index in [1.807, 2.05) is 10.9 Å². The molecule has 1 N–H and O–H groups in total. The fourth-order valence-electron chi connectivity index (χ4n) is 3.15. The molecule has 0 aliphatic heterocycles. The van der Waals surface area contributed by atoms with Crippen LogP contribution in [0.2, 0.25) is 0 Å². The highest BCUT2D eigenvalue weighted by molar-refractivity contribution is 5.29. The molecular weight excluding hydrogens is 252 g/mol. The predicted octanol–water partition coefficient (Wildman–Crippen LogP) is 2.18. The summed E-state index contributed by atoms with van der Waals surface area (Å²) in [5.41, 5.74) is 2.59. The van der Waals surface area contributed by atoms with Crippen LogP contribution in [0.1, 0.15) is 44.1 Å². The monoisotopic (exact) mass is 274 g/mol. The van der Waals surface area contributed by atoms with Gasteiger partial charge in [0.05, 0.1) is 12.3 Å². The van der Waals surface area contributed by atoms with Crippen LogP contribution in [0.5, 0.6) is 0 Å². The Balaban J connectivity index is 1.69. The zero-order chi connectivity index (χ0) is 14.2. The Morgan fingerprint density at radius 3 is 2.95 bits per heavy atom. The predicted molar refractivity (Wildman–Crippen MR) is 76.1 cm³/mol. The van der Waals surface area contributed by atoms with Gasteiger partial charge in [-0.15, -0.1) is 5.10 Å². The average Bonchev–Trinajstić information content (AvgIpc) is 2.98. The number of nitrogens with zero attached hydrogens (tertiary/aromatic N) is 4. The Kier molecular flexibility index (Phi) is 3.38. The maximum Gasteiger partial charge on any atom is 0.0812 e. The molecule has 0 spiro atoms. The number of aryl methyl sites for hydroxylation is 2. The van der Waals surface area contributed by atoms with Crippen LogP contribution < -0.4 is 0 Å². The second kappa shape index (κ2) is 5.05. The minimum atomic E-state index is -0.315. The Morgan fingerprint density at radius 2 is 2.20 bits per heavy atom. The van der Waals surface area contributed by atoms with Crippen molar-refractivity contribution in [2.24, 2.45) is 5.41 Å². The minimum absolute atomic E-state index is 0.175. The molecule has 1 aliphatic carbocycles. The molecule has 3 rings (SSSR count). The Morgan fingerprint density at radius 1 is 1.35 bits per heavy atom. The largest absolute Gasteiger partial charge is 0.388 e. The zero-order valence-electron chi connectivity index (χ0n) is 12.2. The molecule has 108 valence electrons. The Hall–Kier alpha value is -1.62. The van der Waals surface area contributed by atoms with Crippen molar-refractivity contribution in [1.82, 2.24) is 19.6 Å². The van der Waals surface area contributed by atoms with Gasteiger partial charge >= 0.3 is 0 Å². The van der Waals surface area contributed by atoms with E-state index >= 15 is 0 Å². The van der Waals surface area contributed by atoms with Gasteiger partial charge in [0, 0.05) is 36.7 Å². The lowest BCUT2D eigenvalue weighted by Gasteiger charge is -2.34. The molecule has 0 radical (unpaired) electrons. The van der Waals surface area contributed by atoms with Crippen LogP contribution in [-0.2, 0) is 19.5 Å². The molecule has 2 aromatic heterocycles. The second-order valence-corrected chi connectivity index (χ2v) is 6.49. The van der Waals surface area contributed by atoms with Crippen LogP contribution >= 0.6 is 0 Å². The molecule has 2 aromatic rings. The van der Waals surface area contributed by atoms with Gasteiger partial charge in [-0.3, -0.25) is 4.68 Å². The molecule has 0 saturated heterocycles. The van der Waals surface area contributed by atoms with Crippen LogP contribution in [0, 0.1) is 5.41 Å². The topological polar surface area (TPSA) is 55.9 Å². The first-order valence-corrected chi connectivity index (χ1v) is 7.25. The third kappa shape index (κ3) is 2.63. The molecule has 0 saturated carbocycles. The highest BCUT2D eigenvalue weighted by Crippen LogP contribution is 2.41. The number of fused-ring (bicyclic) bond motifs is 1. The maximum atomic E-state index is 10.3. The third-order valence-corrected chi connectivity index (χ3v) is 4.12. The molecule has 0 aromatic carbocycles. The maximum absolute atomic E-state index is 10.3. The summed E-state index contributed by atoms with van der Waals surface area (Å²) in [5, 5.41) is 18.0. The average molecular weight is 274 g/mol. The van der Waals surface area contributed by atoms with Crippen LogP contribution in [0.4, 0.5) is 0 Å². The summed E-state index contributed by atoms with van der Waals surface area (Å²) < 4.78 is 4.14. The summed E-state index contributed by atoms with van der Waals surface area (Å²) in [6.45, 7) is 6.29. The van der Waals surface area contributed by atoms with Crippen molar-refractivity contribution >= 4 is 0 Å². The quantitative estimate of drug-likeness (QED) is 0.929. The summed E-state index contributed by atoms with van der Waals surface area (Å²) in [5.74, 6) is 0. The van der Waals surface area contributed by atoms with Crippen molar-refractivity contribution in [1.29, 1.82) is 0 Å². The zero-order valence-corrected chi connectivity index (χ0v) is 12.2. The van der Waals surface area contributed by atoms with E-state index in [1.54, 1.807) is 6.20 Å². The lowest BCUT2D eigenvalue weighted by molar-refractivity contribution is 0.0979. The lowest BCUT2D eigenvalue weighted by atomic mass is 9.75. The molecule has 2 heterocycles. The number of aliphatic hydroxyl groups is 1. The molecule has 1 aliphatic rings. The van der Waals surface area contributed by atoms with Gasteiger partial charge in [-0.05, 0) is 30.7 Å². The van der Waals surface area contributed by atoms with Gasteiger partial charge in [0.2, 0.25) is 0 Å². The minimum Gasteiger partial charge on any atom is -0.388 e. The van der Waals surface area contributed by atoms with Gasteiger partial charge in [-0.1, -0.05) is 19.1 Å². The van der Waals surface area contributed by atoms with Crippen molar-refractivity contribution < 1.29 is 5.11 Å². The molecule has 1 atom stereocenters. The van der Waals surface area contributed by atoms with E-state index < -0.39 is 0 Å². The summed E-state index contributed by atoms with van der Waals surface area (Å²) in [6, 6.07) is 2.07. The third-order valence-electron chi connectivity index (χ3n) is 4.12. The van der Waals surface area contributed by atoms with Crippen molar-refractivity contribution in [3.05, 3.63) is 35.9 Å². The fraction of sp³-hybridized carbons (Fsp3) is 0.600. The standard InChI is InChI=1S/C15H22N4O/c1-15(2)10-13-12(14(20)11-15)4-8-18(13)6-3-7-19-9-5-16-17-19/h4-5,8-9,14,20H,3,6-7,10-11H2,1-2H3. The highest BCUT2D eigenvalue weighted by Gasteiger charge is 2.32. The molecular formula is C15H22N4O. The van der Waals surface area contributed by atoms with Crippen LogP contribution in [0.15, 0.2) is 24.7 Å². The van der Waals surface area contributed by atoms with Crippen molar-refractivity contribution in [3.8, 4) is 0 Å². The molecule has 1 unspecified atom stereocenters. The number of hydrogen-bond acceptors (Lipinski definition) is 3. The van der Waals surface area contributed by atoms with Gasteiger partial charge in [0.1, 0.15) is 0 Å². The number of aromatic nitrogens is 4. The summed E-state index contributed by atoms with van der Waals surface area (Å²) in [6.07, 6.45) is 8.29. The van der Waals surface area contributed by atoms with Gasteiger partial charge in [0.25, 0.3) is 0 Å². The molecule has 20 heavy (non-hydrogen) atoms. The summed E-state index contributed by atoms with van der Waals surface area (Å²) >= 11 is 0. The highest BCUT2D eigenvalue weighted by atomic mass is 16.3. The van der Waals surface area contributed by atoms with Crippen molar-refractivity contribution in [2.75, 3.05) is 0 Å². The van der Waals surface area contributed by atoms with Crippen LogP contribution in [-0.4, -0.2) is 24.7 Å². The van der Waals surface area contributed by atoms with E-state index in [4.69, 9.17) is 0 Å². The first kappa shape index (κ1) is 13.4. The summed E-state index contributed by atoms with van der Waals surface area (Å²) in [4.78, 5) is 0. The van der Waals surface area contributed by atoms with E-state index in [2.05, 4.69) is 41.0 Å². The van der Waals surface area contributed by atoms with E-state index in [0.717, 1.165) is 37.9 Å². The Bertz CT molecular complexity index is 571. The van der Waals surface area contributed by atoms with Gasteiger partial charge in [-0.25, -0.2) is 0 Å². The van der Waals surface area contributed by atoms with Gasteiger partial charge < -0.3 is 9.67 Å². The Labute approximate surface area is 119 Å². The van der Waals surface area contributed by atoms with Gasteiger partial charge in [0.15, 0.2) is 0 Å². The molecule has 0 bridgehead atoms. The first-order chi connectivity index (χ1) is 9.55. The van der Waals surface area contributed by atoms with Gasteiger partial charge in [-0.2, -0.15) is 0 Å². The number of hydrogen-bond donors (Lipinski definition) is 1. The fourth-order valence-corrected chi connectivity index (χ4v) is 3.15. The van der Waals surface area contributed by atoms with E-state index in [-0.39, 0.29) is 11.5 Å². The van der Waals surface area contributed by atoms with E-state index in [1.165, 1.54) is 5.69 Å². The normalized spacial score (nSPS) is 20.9. The lowest BCUT2D eigenvalue weighted by Crippen LogP contribution is -2.26. The molecule has 0 fully saturated rings. The smallest absolute Gasteiger partial charge is 0.0812 e. The first-order valence-electron chi connectivity index (χ1n) is 7.25. The van der Waals surface area contributed by atoms with Crippen LogP contribution in [0.25, 0.3) is 0 Å². The molecule has 5 heteroatoms. The van der Waals surface area contributed by atoms with Crippen molar-refractivity contribution in [2.45, 2.75) is 52.3 Å². The second-order valence-electron chi connectivity index (χ2n) is 6.49. The SMILES string of the molecule is CC1(C)Cc2c(ccn2CCCn2ccnn2)C(O)C1.